The van der Waals surface area contributed by atoms with Crippen LogP contribution in [0, 0.1) is 19.7 Å². The zero-order chi connectivity index (χ0) is 27.4. The number of ether oxygens (including phenoxy) is 1. The van der Waals surface area contributed by atoms with Gasteiger partial charge in [0, 0.05) is 29.3 Å². The van der Waals surface area contributed by atoms with Crippen molar-refractivity contribution in [3.05, 3.63) is 112 Å². The molecule has 38 heavy (non-hydrogen) atoms. The van der Waals surface area contributed by atoms with Gasteiger partial charge in [0.1, 0.15) is 5.82 Å². The fourth-order valence-electron chi connectivity index (χ4n) is 4.62. The van der Waals surface area contributed by atoms with Gasteiger partial charge in [0.2, 0.25) is 5.91 Å². The van der Waals surface area contributed by atoms with Crippen LogP contribution in [-0.2, 0) is 20.9 Å². The Balaban J connectivity index is 1.55. The predicted octanol–water partition coefficient (Wildman–Crippen LogP) is 6.05. The average Bonchev–Trinajstić information content (AvgIpc) is 2.89. The minimum atomic E-state index is -0.519. The Hall–Kier alpha value is -4.26. The first-order chi connectivity index (χ1) is 18.2. The van der Waals surface area contributed by atoms with Crippen LogP contribution in [0.15, 0.2) is 78.0 Å². The minimum Gasteiger partial charge on any atom is -0.463 e. The Morgan fingerprint density at radius 1 is 0.974 bits per heavy atom. The lowest BCUT2D eigenvalue weighted by Gasteiger charge is -2.34. The fraction of sp³-hybridized carbons (Fsp3) is 0.258. The normalized spacial score (nSPS) is 15.4. The summed E-state index contributed by atoms with van der Waals surface area (Å²) in [4.78, 5) is 40.4. The number of hydrogen-bond donors (Lipinski definition) is 1. The molecule has 0 radical (unpaired) electrons. The maximum atomic E-state index is 13.5. The second-order valence-corrected chi connectivity index (χ2v) is 9.46. The van der Waals surface area contributed by atoms with E-state index in [0.717, 1.165) is 22.4 Å². The van der Waals surface area contributed by atoms with Crippen molar-refractivity contribution in [3.8, 4) is 0 Å². The van der Waals surface area contributed by atoms with Gasteiger partial charge in [0.15, 0.2) is 0 Å². The van der Waals surface area contributed by atoms with E-state index in [4.69, 9.17) is 4.74 Å². The van der Waals surface area contributed by atoms with Gasteiger partial charge in [-0.3, -0.25) is 9.59 Å². The molecule has 3 aromatic carbocycles. The van der Waals surface area contributed by atoms with Crippen LogP contribution in [0.5, 0.6) is 0 Å². The van der Waals surface area contributed by atoms with E-state index < -0.39 is 11.9 Å². The fourth-order valence-corrected chi connectivity index (χ4v) is 4.62. The molecule has 1 heterocycles. The molecule has 7 heteroatoms. The molecule has 0 aromatic heterocycles. The summed E-state index contributed by atoms with van der Waals surface area (Å²) in [5, 5.41) is 2.91. The van der Waals surface area contributed by atoms with E-state index in [-0.39, 0.29) is 37.2 Å². The minimum absolute atomic E-state index is 0.0631. The number of carbonyl (C=O) groups excluding carboxylic acids is 3. The molecule has 196 valence electrons. The zero-order valence-electron chi connectivity index (χ0n) is 22.0. The highest BCUT2D eigenvalue weighted by molar-refractivity contribution is 6.04. The molecule has 0 bridgehead atoms. The summed E-state index contributed by atoms with van der Waals surface area (Å²) in [6, 6.07) is 18.6. The Labute approximate surface area is 222 Å². The summed E-state index contributed by atoms with van der Waals surface area (Å²) < 4.78 is 18.8. The number of amides is 2. The predicted molar refractivity (Wildman–Crippen MR) is 144 cm³/mol. The van der Waals surface area contributed by atoms with Crippen molar-refractivity contribution in [3.63, 3.8) is 0 Å². The highest BCUT2D eigenvalue weighted by atomic mass is 19.1. The van der Waals surface area contributed by atoms with E-state index in [1.54, 1.807) is 55.1 Å². The Morgan fingerprint density at radius 2 is 1.66 bits per heavy atom. The quantitative estimate of drug-likeness (QED) is 0.390. The third-order valence-electron chi connectivity index (χ3n) is 6.91. The number of esters is 1. The second kappa shape index (κ2) is 11.4. The molecule has 4 rings (SSSR count). The van der Waals surface area contributed by atoms with E-state index in [1.165, 1.54) is 12.1 Å². The number of hydrogen-bond acceptors (Lipinski definition) is 4. The molecule has 1 aliphatic heterocycles. The molecular weight excluding hydrogens is 483 g/mol. The Morgan fingerprint density at radius 3 is 2.29 bits per heavy atom. The number of nitrogens with one attached hydrogen (secondary N) is 1. The van der Waals surface area contributed by atoms with E-state index in [2.05, 4.69) is 5.32 Å². The summed E-state index contributed by atoms with van der Waals surface area (Å²) in [5.41, 5.74) is 5.85. The summed E-state index contributed by atoms with van der Waals surface area (Å²) in [6.45, 7) is 7.90. The smallest absolute Gasteiger partial charge is 0.336 e. The zero-order valence-corrected chi connectivity index (χ0v) is 22.0. The van der Waals surface area contributed by atoms with Crippen molar-refractivity contribution in [1.82, 2.24) is 4.90 Å². The first kappa shape index (κ1) is 26.8. The van der Waals surface area contributed by atoms with Crippen LogP contribution in [0.4, 0.5) is 10.1 Å². The average molecular weight is 515 g/mol. The van der Waals surface area contributed by atoms with Crippen molar-refractivity contribution < 1.29 is 23.5 Å². The van der Waals surface area contributed by atoms with Gasteiger partial charge in [0.05, 0.1) is 18.7 Å². The molecule has 6 nitrogen and oxygen atoms in total. The highest BCUT2D eigenvalue weighted by Crippen LogP contribution is 2.37. The van der Waals surface area contributed by atoms with Gasteiger partial charge < -0.3 is 15.0 Å². The number of halogens is 1. The molecule has 3 aromatic rings. The van der Waals surface area contributed by atoms with E-state index in [0.29, 0.717) is 22.4 Å². The first-order valence-corrected chi connectivity index (χ1v) is 12.6. The number of anilines is 1. The van der Waals surface area contributed by atoms with Crippen LogP contribution in [0.3, 0.4) is 0 Å². The molecule has 1 unspecified atom stereocenters. The first-order valence-electron chi connectivity index (χ1n) is 12.6. The lowest BCUT2D eigenvalue weighted by atomic mass is 9.83. The van der Waals surface area contributed by atoms with Gasteiger partial charge >= 0.3 is 5.97 Å². The number of allylic oxidation sites excluding steroid dienone is 1. The molecule has 2 amide bonds. The number of nitrogens with zero attached hydrogens (tertiary/aromatic N) is 1. The van der Waals surface area contributed by atoms with Gasteiger partial charge in [-0.25, -0.2) is 9.18 Å². The van der Waals surface area contributed by atoms with Crippen LogP contribution in [0.1, 0.15) is 58.8 Å². The Kier molecular flexibility index (Phi) is 8.05. The SMILES string of the molecule is CCOC(=O)C1=C(C)N(Cc2ccc(C(=O)Nc3ccc(C)c(C)c3)cc2)C(=O)CC1c1ccc(F)cc1. The van der Waals surface area contributed by atoms with Crippen LogP contribution in [0.2, 0.25) is 0 Å². The summed E-state index contributed by atoms with van der Waals surface area (Å²) in [6.07, 6.45) is 0.0631. The third kappa shape index (κ3) is 5.83. The molecule has 1 aliphatic rings. The van der Waals surface area contributed by atoms with Crippen molar-refractivity contribution in [2.24, 2.45) is 0 Å². The van der Waals surface area contributed by atoms with Crippen LogP contribution in [0.25, 0.3) is 0 Å². The largest absolute Gasteiger partial charge is 0.463 e. The number of carbonyl (C=O) groups is 3. The number of rotatable bonds is 7. The van der Waals surface area contributed by atoms with Gasteiger partial charge in [0.25, 0.3) is 5.91 Å². The third-order valence-corrected chi connectivity index (χ3v) is 6.91. The maximum absolute atomic E-state index is 13.5. The molecule has 0 aliphatic carbocycles. The van der Waals surface area contributed by atoms with Gasteiger partial charge in [-0.15, -0.1) is 0 Å². The Bertz CT molecular complexity index is 1390. The van der Waals surface area contributed by atoms with Crippen LogP contribution in [-0.4, -0.2) is 29.3 Å². The molecule has 0 spiro atoms. The molecule has 0 fully saturated rings. The van der Waals surface area contributed by atoms with Crippen molar-refractivity contribution in [1.29, 1.82) is 0 Å². The molecule has 1 atom stereocenters. The number of benzene rings is 3. The van der Waals surface area contributed by atoms with E-state index in [1.807, 2.05) is 32.0 Å². The highest BCUT2D eigenvalue weighted by Gasteiger charge is 2.36. The van der Waals surface area contributed by atoms with Gasteiger partial charge in [-0.05, 0) is 86.3 Å². The second-order valence-electron chi connectivity index (χ2n) is 9.46. The van der Waals surface area contributed by atoms with Gasteiger partial charge in [-0.1, -0.05) is 30.3 Å². The monoisotopic (exact) mass is 514 g/mol. The molecule has 1 N–H and O–H groups in total. The summed E-state index contributed by atoms with van der Waals surface area (Å²) in [7, 11) is 0. The maximum Gasteiger partial charge on any atom is 0.336 e. The van der Waals surface area contributed by atoms with E-state index >= 15 is 0 Å². The topological polar surface area (TPSA) is 75.7 Å². The molecule has 0 saturated carbocycles. The lowest BCUT2D eigenvalue weighted by molar-refractivity contribution is -0.140. The lowest BCUT2D eigenvalue weighted by Crippen LogP contribution is -2.38. The van der Waals surface area contributed by atoms with E-state index in [9.17, 15) is 18.8 Å². The van der Waals surface area contributed by atoms with Crippen molar-refractivity contribution in [2.75, 3.05) is 11.9 Å². The molecule has 0 saturated heterocycles. The summed E-state index contributed by atoms with van der Waals surface area (Å²) >= 11 is 0. The van der Waals surface area contributed by atoms with Gasteiger partial charge in [-0.2, -0.15) is 0 Å². The standard InChI is InChI=1S/C31H31FN2O4/c1-5-38-31(37)29-21(4)34(28(35)17-27(29)23-11-13-25(32)14-12-23)18-22-7-9-24(10-8-22)30(36)33-26-15-6-19(2)20(3)16-26/h6-16,27H,5,17-18H2,1-4H3,(H,33,36). The van der Waals surface area contributed by atoms with Crippen LogP contribution < -0.4 is 5.32 Å². The van der Waals surface area contributed by atoms with Crippen molar-refractivity contribution >= 4 is 23.5 Å². The number of aryl methyl sites for hydroxylation is 2. The molecular formula is C31H31FN2O4. The van der Waals surface area contributed by atoms with Crippen molar-refractivity contribution in [2.45, 2.75) is 46.6 Å². The van der Waals surface area contributed by atoms with Crippen LogP contribution >= 0.6 is 0 Å². The summed E-state index contributed by atoms with van der Waals surface area (Å²) in [5.74, 6) is -1.77.